The monoisotopic (exact) mass is 340 g/mol. The summed E-state index contributed by atoms with van der Waals surface area (Å²) in [5.41, 5.74) is 0.506. The largest absolute Gasteiger partial charge is 0.449 e. The van der Waals surface area contributed by atoms with Gasteiger partial charge in [0.05, 0.1) is 22.4 Å². The zero-order valence-corrected chi connectivity index (χ0v) is 13.5. The zero-order chi connectivity index (χ0) is 17.8. The highest BCUT2D eigenvalue weighted by Crippen LogP contribution is 2.22. The number of nitrogens with zero attached hydrogens (tertiary/aromatic N) is 2. The summed E-state index contributed by atoms with van der Waals surface area (Å²) in [6.07, 6.45) is 0.653. The van der Waals surface area contributed by atoms with Crippen molar-refractivity contribution >= 4 is 16.6 Å². The standard InChI is InChI=1S/C18H16N2O5/c1-2-12(13-6-4-3-5-7-13)11-24-18-19-16-10-14(20(22)23)8-9-15(16)17(21)25-18/h3-10,12H,2,11H2,1H3. The molecule has 0 radical (unpaired) electrons. The third-order valence-electron chi connectivity index (χ3n) is 3.98. The number of benzene rings is 2. The van der Waals surface area contributed by atoms with Gasteiger partial charge >= 0.3 is 11.7 Å². The van der Waals surface area contributed by atoms with Crippen LogP contribution >= 0.6 is 0 Å². The fourth-order valence-electron chi connectivity index (χ4n) is 2.56. The molecule has 3 rings (SSSR count). The third-order valence-corrected chi connectivity index (χ3v) is 3.98. The molecule has 0 aliphatic carbocycles. The summed E-state index contributed by atoms with van der Waals surface area (Å²) < 4.78 is 10.6. The molecule has 7 heteroatoms. The summed E-state index contributed by atoms with van der Waals surface area (Å²) in [6.45, 7) is 2.32. The van der Waals surface area contributed by atoms with Crippen LogP contribution in [0.15, 0.2) is 57.7 Å². The summed E-state index contributed by atoms with van der Waals surface area (Å²) in [4.78, 5) is 26.4. The number of rotatable bonds is 6. The Labute approximate surface area is 143 Å². The number of nitro groups is 1. The second-order valence-corrected chi connectivity index (χ2v) is 5.55. The topological polar surface area (TPSA) is 95.5 Å². The molecule has 0 spiro atoms. The summed E-state index contributed by atoms with van der Waals surface area (Å²) in [7, 11) is 0. The summed E-state index contributed by atoms with van der Waals surface area (Å²) in [6, 6.07) is 13.6. The van der Waals surface area contributed by atoms with Crippen molar-refractivity contribution in [1.29, 1.82) is 0 Å². The van der Waals surface area contributed by atoms with E-state index in [1.807, 2.05) is 37.3 Å². The molecule has 0 bridgehead atoms. The minimum Gasteiger partial charge on any atom is -0.449 e. The van der Waals surface area contributed by atoms with E-state index in [2.05, 4.69) is 4.98 Å². The van der Waals surface area contributed by atoms with Crippen LogP contribution in [0.5, 0.6) is 6.08 Å². The van der Waals surface area contributed by atoms with E-state index in [1.165, 1.54) is 18.2 Å². The Balaban J connectivity index is 1.86. The molecule has 0 aliphatic heterocycles. The Kier molecular flexibility index (Phi) is 4.74. The first-order chi connectivity index (χ1) is 12.1. The van der Waals surface area contributed by atoms with Crippen LogP contribution in [0.3, 0.4) is 0 Å². The van der Waals surface area contributed by atoms with Crippen LogP contribution in [0.4, 0.5) is 5.69 Å². The van der Waals surface area contributed by atoms with Crippen molar-refractivity contribution in [2.24, 2.45) is 0 Å². The predicted octanol–water partition coefficient (Wildman–Crippen LogP) is 3.67. The molecule has 128 valence electrons. The van der Waals surface area contributed by atoms with Crippen molar-refractivity contribution < 1.29 is 14.1 Å². The SMILES string of the molecule is CCC(COc1nc2cc([N+](=O)[O-])ccc2c(=O)o1)c1ccccc1. The van der Waals surface area contributed by atoms with Gasteiger partial charge in [-0.25, -0.2) is 4.79 Å². The van der Waals surface area contributed by atoms with E-state index < -0.39 is 10.5 Å². The van der Waals surface area contributed by atoms with Crippen molar-refractivity contribution in [2.45, 2.75) is 19.3 Å². The molecule has 2 aromatic carbocycles. The predicted molar refractivity (Wildman–Crippen MR) is 91.9 cm³/mol. The van der Waals surface area contributed by atoms with Crippen LogP contribution in [0.25, 0.3) is 10.9 Å². The first kappa shape index (κ1) is 16.6. The fraction of sp³-hybridized carbons (Fsp3) is 0.222. The maximum Gasteiger partial charge on any atom is 0.397 e. The van der Waals surface area contributed by atoms with Gasteiger partial charge in [0.1, 0.15) is 0 Å². The molecular formula is C18H16N2O5. The normalized spacial score (nSPS) is 12.0. The van der Waals surface area contributed by atoms with E-state index in [0.29, 0.717) is 0 Å². The van der Waals surface area contributed by atoms with Crippen LogP contribution in [-0.4, -0.2) is 16.5 Å². The van der Waals surface area contributed by atoms with E-state index in [4.69, 9.17) is 9.15 Å². The van der Waals surface area contributed by atoms with Gasteiger partial charge in [-0.2, -0.15) is 4.98 Å². The molecule has 1 aromatic heterocycles. The maximum absolute atomic E-state index is 12.0. The molecule has 1 unspecified atom stereocenters. The second-order valence-electron chi connectivity index (χ2n) is 5.55. The van der Waals surface area contributed by atoms with Crippen LogP contribution in [0.2, 0.25) is 0 Å². The van der Waals surface area contributed by atoms with Gasteiger partial charge in [0, 0.05) is 18.1 Å². The first-order valence-corrected chi connectivity index (χ1v) is 7.85. The van der Waals surface area contributed by atoms with Gasteiger partial charge in [-0.3, -0.25) is 10.1 Å². The van der Waals surface area contributed by atoms with Crippen molar-refractivity contribution in [1.82, 2.24) is 4.98 Å². The Morgan fingerprint density at radius 1 is 1.24 bits per heavy atom. The molecule has 1 atom stereocenters. The molecule has 3 aromatic rings. The highest BCUT2D eigenvalue weighted by Gasteiger charge is 2.15. The quantitative estimate of drug-likeness (QED) is 0.502. The highest BCUT2D eigenvalue weighted by molar-refractivity contribution is 5.79. The van der Waals surface area contributed by atoms with E-state index in [-0.39, 0.29) is 35.2 Å². The molecule has 0 aliphatic rings. The van der Waals surface area contributed by atoms with Crippen LogP contribution < -0.4 is 10.4 Å². The van der Waals surface area contributed by atoms with Crippen LogP contribution in [0, 0.1) is 10.1 Å². The number of fused-ring (bicyclic) bond motifs is 1. The van der Waals surface area contributed by atoms with Gasteiger partial charge < -0.3 is 9.15 Å². The van der Waals surface area contributed by atoms with Gasteiger partial charge in [0.2, 0.25) is 0 Å². The molecule has 0 N–H and O–H groups in total. The lowest BCUT2D eigenvalue weighted by atomic mass is 9.98. The lowest BCUT2D eigenvalue weighted by molar-refractivity contribution is -0.384. The number of non-ortho nitro benzene ring substituents is 1. The number of hydrogen-bond donors (Lipinski definition) is 0. The van der Waals surface area contributed by atoms with Crippen LogP contribution in [0.1, 0.15) is 24.8 Å². The van der Waals surface area contributed by atoms with Gasteiger partial charge in [0.25, 0.3) is 5.69 Å². The van der Waals surface area contributed by atoms with Gasteiger partial charge in [-0.15, -0.1) is 0 Å². The van der Waals surface area contributed by atoms with Crippen molar-refractivity contribution in [3.8, 4) is 6.08 Å². The summed E-state index contributed by atoms with van der Waals surface area (Å²) in [5, 5.41) is 11.0. The Morgan fingerprint density at radius 2 is 2.00 bits per heavy atom. The lowest BCUT2D eigenvalue weighted by Gasteiger charge is -2.15. The highest BCUT2D eigenvalue weighted by atomic mass is 16.6. The summed E-state index contributed by atoms with van der Waals surface area (Å²) in [5.74, 6) is 0.120. The molecule has 1 heterocycles. The Morgan fingerprint density at radius 3 is 2.68 bits per heavy atom. The van der Waals surface area contributed by atoms with Crippen LogP contribution in [-0.2, 0) is 0 Å². The number of nitro benzene ring substituents is 1. The number of aromatic nitrogens is 1. The average Bonchev–Trinajstić information content (AvgIpc) is 2.62. The summed E-state index contributed by atoms with van der Waals surface area (Å²) >= 11 is 0. The molecule has 7 nitrogen and oxygen atoms in total. The van der Waals surface area contributed by atoms with Gasteiger partial charge in [0.15, 0.2) is 0 Å². The minimum absolute atomic E-state index is 0.120. The van der Waals surface area contributed by atoms with Gasteiger partial charge in [-0.05, 0) is 18.1 Å². The molecule has 0 saturated carbocycles. The van der Waals surface area contributed by atoms with Crippen molar-refractivity contribution in [3.63, 3.8) is 0 Å². The molecule has 25 heavy (non-hydrogen) atoms. The van der Waals surface area contributed by atoms with Gasteiger partial charge in [-0.1, -0.05) is 37.3 Å². The number of hydrogen-bond acceptors (Lipinski definition) is 6. The second kappa shape index (κ2) is 7.12. The third kappa shape index (κ3) is 3.65. The van der Waals surface area contributed by atoms with E-state index in [1.54, 1.807) is 0 Å². The minimum atomic E-state index is -0.636. The van der Waals surface area contributed by atoms with E-state index in [9.17, 15) is 14.9 Å². The molecular weight excluding hydrogens is 324 g/mol. The zero-order valence-electron chi connectivity index (χ0n) is 13.5. The Bertz CT molecular complexity index is 953. The molecule has 0 fully saturated rings. The Hall–Kier alpha value is -3.22. The van der Waals surface area contributed by atoms with E-state index >= 15 is 0 Å². The number of ether oxygens (including phenoxy) is 1. The maximum atomic E-state index is 12.0. The molecule has 0 saturated heterocycles. The van der Waals surface area contributed by atoms with Crippen molar-refractivity contribution in [3.05, 3.63) is 74.6 Å². The van der Waals surface area contributed by atoms with Crippen molar-refractivity contribution in [2.75, 3.05) is 6.61 Å². The van der Waals surface area contributed by atoms with E-state index in [0.717, 1.165) is 12.0 Å². The first-order valence-electron chi connectivity index (χ1n) is 7.85. The average molecular weight is 340 g/mol. The lowest BCUT2D eigenvalue weighted by Crippen LogP contribution is -2.12. The molecule has 0 amide bonds. The fourth-order valence-corrected chi connectivity index (χ4v) is 2.56. The smallest absolute Gasteiger partial charge is 0.397 e.